The van der Waals surface area contributed by atoms with Gasteiger partial charge in [0.2, 0.25) is 0 Å². The summed E-state index contributed by atoms with van der Waals surface area (Å²) in [5, 5.41) is 2.75. The maximum absolute atomic E-state index is 11.6. The summed E-state index contributed by atoms with van der Waals surface area (Å²) in [5.41, 5.74) is -0.522. The maximum Gasteiger partial charge on any atom is 0.407 e. The van der Waals surface area contributed by atoms with Crippen LogP contribution in [0.3, 0.4) is 0 Å². The number of hydrogen-bond donors (Lipinski definition) is 1. The molecule has 0 saturated carbocycles. The summed E-state index contributed by atoms with van der Waals surface area (Å²) in [4.78, 5) is 22.8. The van der Waals surface area contributed by atoms with Gasteiger partial charge in [-0.1, -0.05) is 6.08 Å². The average Bonchev–Trinajstić information content (AvgIpc) is 2.13. The maximum atomic E-state index is 11.6. The first-order chi connectivity index (χ1) is 8.24. The van der Waals surface area contributed by atoms with Crippen molar-refractivity contribution in [3.05, 3.63) is 12.7 Å². The highest BCUT2D eigenvalue weighted by Gasteiger charge is 2.20. The quantitative estimate of drug-likeness (QED) is 0.561. The Morgan fingerprint density at radius 1 is 1.39 bits per heavy atom. The minimum atomic E-state index is -0.522. The molecule has 0 aliphatic carbocycles. The fourth-order valence-electron chi connectivity index (χ4n) is 1.56. The number of amides is 1. The second-order valence-corrected chi connectivity index (χ2v) is 5.47. The number of carbonyl (C=O) groups is 2. The second kappa shape index (κ2) is 7.90. The summed E-state index contributed by atoms with van der Waals surface area (Å²) >= 11 is 0. The van der Waals surface area contributed by atoms with E-state index in [1.165, 1.54) is 6.92 Å². The van der Waals surface area contributed by atoms with Crippen LogP contribution >= 0.6 is 0 Å². The number of carbonyl (C=O) groups excluding carboxylic acids is 2. The molecule has 104 valence electrons. The molecule has 0 radical (unpaired) electrons. The first kappa shape index (κ1) is 16.7. The van der Waals surface area contributed by atoms with Crippen LogP contribution in [0.2, 0.25) is 0 Å². The second-order valence-electron chi connectivity index (χ2n) is 5.47. The first-order valence-electron chi connectivity index (χ1n) is 6.34. The molecule has 0 aliphatic rings. The van der Waals surface area contributed by atoms with Crippen LogP contribution in [-0.2, 0) is 9.53 Å². The van der Waals surface area contributed by atoms with Crippen LogP contribution in [0.15, 0.2) is 12.7 Å². The minimum absolute atomic E-state index is 0.0645. The van der Waals surface area contributed by atoms with E-state index in [9.17, 15) is 9.59 Å². The van der Waals surface area contributed by atoms with Gasteiger partial charge in [-0.15, -0.1) is 6.58 Å². The van der Waals surface area contributed by atoms with Crippen molar-refractivity contribution in [2.45, 2.75) is 65.0 Å². The van der Waals surface area contributed by atoms with E-state index in [2.05, 4.69) is 11.9 Å². The summed E-state index contributed by atoms with van der Waals surface area (Å²) in [5.74, 6) is 0.0645. The lowest BCUT2D eigenvalue weighted by molar-refractivity contribution is -0.117. The van der Waals surface area contributed by atoms with Crippen molar-refractivity contribution in [3.63, 3.8) is 0 Å². The third-order valence-corrected chi connectivity index (χ3v) is 2.22. The summed E-state index contributed by atoms with van der Waals surface area (Å²) in [6.07, 6.45) is 4.24. The lowest BCUT2D eigenvalue weighted by atomic mass is 10.0. The standard InChI is InChI=1S/C14H25NO3/c1-6-7-8-9-12(10-11(2)16)15-13(17)18-14(3,4)5/h6,12H,1,7-10H2,2-5H3,(H,15,17). The number of nitrogens with one attached hydrogen (secondary N) is 1. The molecule has 0 rings (SSSR count). The van der Waals surface area contributed by atoms with E-state index < -0.39 is 11.7 Å². The number of rotatable bonds is 7. The summed E-state index contributed by atoms with van der Waals surface area (Å²) in [6.45, 7) is 10.6. The van der Waals surface area contributed by atoms with E-state index in [1.807, 2.05) is 26.8 Å². The molecule has 0 aliphatic heterocycles. The molecule has 0 aromatic rings. The zero-order valence-corrected chi connectivity index (χ0v) is 11.9. The van der Waals surface area contributed by atoms with Gasteiger partial charge in [0.05, 0.1) is 0 Å². The van der Waals surface area contributed by atoms with Crippen LogP contribution in [0.25, 0.3) is 0 Å². The third kappa shape index (κ3) is 9.87. The molecule has 1 unspecified atom stereocenters. The Bertz CT molecular complexity index is 292. The van der Waals surface area contributed by atoms with Gasteiger partial charge < -0.3 is 10.1 Å². The fourth-order valence-corrected chi connectivity index (χ4v) is 1.56. The van der Waals surface area contributed by atoms with Crippen molar-refractivity contribution in [2.75, 3.05) is 0 Å². The Morgan fingerprint density at radius 2 is 2.00 bits per heavy atom. The minimum Gasteiger partial charge on any atom is -0.444 e. The smallest absolute Gasteiger partial charge is 0.407 e. The molecule has 0 aromatic heterocycles. The summed E-state index contributed by atoms with van der Waals surface area (Å²) in [7, 11) is 0. The lowest BCUT2D eigenvalue weighted by Gasteiger charge is -2.23. The predicted molar refractivity (Wildman–Crippen MR) is 72.5 cm³/mol. The van der Waals surface area contributed by atoms with Gasteiger partial charge in [0.25, 0.3) is 0 Å². The Kier molecular flexibility index (Phi) is 7.32. The molecule has 4 heteroatoms. The molecule has 1 amide bonds. The number of allylic oxidation sites excluding steroid dienone is 1. The molecule has 1 atom stereocenters. The number of ether oxygens (including phenoxy) is 1. The highest BCUT2D eigenvalue weighted by molar-refractivity contribution is 5.77. The van der Waals surface area contributed by atoms with Gasteiger partial charge in [0.15, 0.2) is 0 Å². The number of ketones is 1. The first-order valence-corrected chi connectivity index (χ1v) is 6.34. The van der Waals surface area contributed by atoms with E-state index in [0.29, 0.717) is 6.42 Å². The summed E-state index contributed by atoms with van der Waals surface area (Å²) in [6, 6.07) is -0.155. The Hall–Kier alpha value is -1.32. The van der Waals surface area contributed by atoms with Crippen molar-refractivity contribution < 1.29 is 14.3 Å². The van der Waals surface area contributed by atoms with Gasteiger partial charge in [-0.3, -0.25) is 4.79 Å². The van der Waals surface area contributed by atoms with Crippen molar-refractivity contribution in [1.29, 1.82) is 0 Å². The van der Waals surface area contributed by atoms with Crippen molar-refractivity contribution in [1.82, 2.24) is 5.32 Å². The van der Waals surface area contributed by atoms with Gasteiger partial charge in [-0.25, -0.2) is 4.79 Å². The zero-order chi connectivity index (χ0) is 14.2. The Balaban J connectivity index is 4.25. The molecule has 0 bridgehead atoms. The largest absolute Gasteiger partial charge is 0.444 e. The van der Waals surface area contributed by atoms with Gasteiger partial charge in [0.1, 0.15) is 11.4 Å². The van der Waals surface area contributed by atoms with Crippen LogP contribution in [0, 0.1) is 0 Å². The van der Waals surface area contributed by atoms with Gasteiger partial charge in [-0.05, 0) is 47.0 Å². The van der Waals surface area contributed by atoms with E-state index >= 15 is 0 Å². The highest BCUT2D eigenvalue weighted by atomic mass is 16.6. The Morgan fingerprint density at radius 3 is 2.44 bits per heavy atom. The average molecular weight is 255 g/mol. The number of unbranched alkanes of at least 4 members (excludes halogenated alkanes) is 1. The number of alkyl carbamates (subject to hydrolysis) is 1. The van der Waals surface area contributed by atoms with Crippen molar-refractivity contribution in [3.8, 4) is 0 Å². The molecule has 0 heterocycles. The molecular weight excluding hydrogens is 230 g/mol. The van der Waals surface area contributed by atoms with Gasteiger partial charge in [0, 0.05) is 12.5 Å². The normalized spacial score (nSPS) is 12.7. The zero-order valence-electron chi connectivity index (χ0n) is 11.9. The van der Waals surface area contributed by atoms with Crippen molar-refractivity contribution in [2.24, 2.45) is 0 Å². The van der Waals surface area contributed by atoms with E-state index in [4.69, 9.17) is 4.74 Å². The van der Waals surface area contributed by atoms with Crippen molar-refractivity contribution >= 4 is 11.9 Å². The number of Topliss-reactive ketones (excluding diaryl/α,β-unsaturated/α-hetero) is 1. The molecule has 4 nitrogen and oxygen atoms in total. The predicted octanol–water partition coefficient (Wildman–Crippen LogP) is 3.22. The SMILES string of the molecule is C=CCCCC(CC(C)=O)NC(=O)OC(C)(C)C. The van der Waals surface area contributed by atoms with Crippen LogP contribution in [-0.4, -0.2) is 23.5 Å². The van der Waals surface area contributed by atoms with Crippen LogP contribution < -0.4 is 5.32 Å². The molecular formula is C14H25NO3. The van der Waals surface area contributed by atoms with E-state index in [-0.39, 0.29) is 11.8 Å². The van der Waals surface area contributed by atoms with Crippen LogP contribution in [0.4, 0.5) is 4.79 Å². The molecule has 0 spiro atoms. The molecule has 0 fully saturated rings. The fraction of sp³-hybridized carbons (Fsp3) is 0.714. The van der Waals surface area contributed by atoms with Gasteiger partial charge in [-0.2, -0.15) is 0 Å². The lowest BCUT2D eigenvalue weighted by Crippen LogP contribution is -2.40. The van der Waals surface area contributed by atoms with E-state index in [1.54, 1.807) is 0 Å². The monoisotopic (exact) mass is 255 g/mol. The highest BCUT2D eigenvalue weighted by Crippen LogP contribution is 2.10. The van der Waals surface area contributed by atoms with Crippen LogP contribution in [0.1, 0.15) is 53.4 Å². The summed E-state index contributed by atoms with van der Waals surface area (Å²) < 4.78 is 5.17. The molecule has 0 aromatic carbocycles. The van der Waals surface area contributed by atoms with Crippen LogP contribution in [0.5, 0.6) is 0 Å². The molecule has 0 saturated heterocycles. The van der Waals surface area contributed by atoms with Gasteiger partial charge >= 0.3 is 6.09 Å². The third-order valence-electron chi connectivity index (χ3n) is 2.22. The number of hydrogen-bond acceptors (Lipinski definition) is 3. The molecule has 1 N–H and O–H groups in total. The molecule has 18 heavy (non-hydrogen) atoms. The van der Waals surface area contributed by atoms with E-state index in [0.717, 1.165) is 19.3 Å². The topological polar surface area (TPSA) is 55.4 Å². The Labute approximate surface area is 110 Å².